The number of rotatable bonds is 3. The highest BCUT2D eigenvalue weighted by atomic mass is 35.5. The van der Waals surface area contributed by atoms with E-state index < -0.39 is 0 Å². The molecule has 2 aromatic rings. The minimum Gasteiger partial charge on any atom is -0.468 e. The van der Waals surface area contributed by atoms with Crippen molar-refractivity contribution < 1.29 is 4.74 Å². The second kappa shape index (κ2) is 5.32. The Morgan fingerprint density at radius 1 is 1.42 bits per heavy atom. The Labute approximate surface area is 115 Å². The van der Waals surface area contributed by atoms with Gasteiger partial charge < -0.3 is 10.5 Å². The van der Waals surface area contributed by atoms with Gasteiger partial charge >= 0.3 is 0 Å². The predicted octanol–water partition coefficient (Wildman–Crippen LogP) is 1.84. The SMILES string of the molecule is COc1nc(C)cc(=O)n1Cc1cc(N)ccc1Cl. The molecule has 0 spiro atoms. The number of hydrogen-bond acceptors (Lipinski definition) is 4. The summed E-state index contributed by atoms with van der Waals surface area (Å²) in [7, 11) is 1.47. The minimum absolute atomic E-state index is 0.192. The molecule has 0 aliphatic heterocycles. The van der Waals surface area contributed by atoms with Crippen LogP contribution in [0.2, 0.25) is 5.02 Å². The third kappa shape index (κ3) is 2.88. The van der Waals surface area contributed by atoms with E-state index in [9.17, 15) is 4.79 Å². The van der Waals surface area contributed by atoms with Gasteiger partial charge in [0.25, 0.3) is 11.6 Å². The van der Waals surface area contributed by atoms with Gasteiger partial charge in [-0.15, -0.1) is 0 Å². The first-order chi connectivity index (χ1) is 9.01. The zero-order chi connectivity index (χ0) is 14.0. The molecule has 0 aliphatic rings. The Morgan fingerprint density at radius 2 is 2.16 bits per heavy atom. The molecule has 0 aliphatic carbocycles. The maximum atomic E-state index is 12.0. The molecule has 1 heterocycles. The van der Waals surface area contributed by atoms with Crippen LogP contribution >= 0.6 is 11.6 Å². The number of anilines is 1. The standard InChI is InChI=1S/C13H14ClN3O2/c1-8-5-12(18)17(13(16-8)19-2)7-9-6-10(15)3-4-11(9)14/h3-6H,7,15H2,1-2H3. The number of nitrogens with two attached hydrogens (primary N) is 1. The molecule has 0 fully saturated rings. The number of nitrogen functional groups attached to an aromatic ring is 1. The van der Waals surface area contributed by atoms with Crippen LogP contribution in [0.5, 0.6) is 6.01 Å². The third-order valence-electron chi connectivity index (χ3n) is 2.68. The van der Waals surface area contributed by atoms with Crippen molar-refractivity contribution in [2.75, 3.05) is 12.8 Å². The lowest BCUT2D eigenvalue weighted by Crippen LogP contribution is -2.23. The van der Waals surface area contributed by atoms with Gasteiger partial charge in [-0.2, -0.15) is 0 Å². The number of methoxy groups -OCH3 is 1. The highest BCUT2D eigenvalue weighted by molar-refractivity contribution is 6.31. The monoisotopic (exact) mass is 279 g/mol. The van der Waals surface area contributed by atoms with Gasteiger partial charge in [-0.05, 0) is 30.7 Å². The smallest absolute Gasteiger partial charge is 0.299 e. The van der Waals surface area contributed by atoms with Crippen molar-refractivity contribution in [3.8, 4) is 6.01 Å². The van der Waals surface area contributed by atoms with E-state index >= 15 is 0 Å². The van der Waals surface area contributed by atoms with E-state index in [-0.39, 0.29) is 18.1 Å². The fourth-order valence-corrected chi connectivity index (χ4v) is 1.96. The molecule has 1 aromatic carbocycles. The average Bonchev–Trinajstić information content (AvgIpc) is 2.36. The van der Waals surface area contributed by atoms with Crippen molar-refractivity contribution in [1.29, 1.82) is 0 Å². The summed E-state index contributed by atoms with van der Waals surface area (Å²) in [5.41, 5.74) is 7.47. The number of halogens is 1. The highest BCUT2D eigenvalue weighted by Gasteiger charge is 2.10. The van der Waals surface area contributed by atoms with Crippen LogP contribution in [-0.2, 0) is 6.54 Å². The molecular weight excluding hydrogens is 266 g/mol. The van der Waals surface area contributed by atoms with Gasteiger partial charge in [0.05, 0.1) is 13.7 Å². The van der Waals surface area contributed by atoms with Crippen LogP contribution < -0.4 is 16.0 Å². The molecule has 0 atom stereocenters. The van der Waals surface area contributed by atoms with Gasteiger partial charge in [0.15, 0.2) is 0 Å². The highest BCUT2D eigenvalue weighted by Crippen LogP contribution is 2.20. The van der Waals surface area contributed by atoms with Crippen LogP contribution in [0.4, 0.5) is 5.69 Å². The lowest BCUT2D eigenvalue weighted by atomic mass is 10.2. The van der Waals surface area contributed by atoms with Crippen molar-refractivity contribution in [3.63, 3.8) is 0 Å². The molecule has 1 aromatic heterocycles. The predicted molar refractivity (Wildman–Crippen MR) is 74.8 cm³/mol. The van der Waals surface area contributed by atoms with Crippen LogP contribution in [0.15, 0.2) is 29.1 Å². The van der Waals surface area contributed by atoms with Gasteiger partial charge in [0.1, 0.15) is 0 Å². The van der Waals surface area contributed by atoms with Gasteiger partial charge in [-0.25, -0.2) is 4.98 Å². The Hall–Kier alpha value is -2.01. The number of hydrogen-bond donors (Lipinski definition) is 1. The summed E-state index contributed by atoms with van der Waals surface area (Å²) in [6.45, 7) is 2.00. The zero-order valence-corrected chi connectivity index (χ0v) is 11.4. The average molecular weight is 280 g/mol. The molecular formula is C13H14ClN3O2. The van der Waals surface area contributed by atoms with Crippen molar-refractivity contribution >= 4 is 17.3 Å². The van der Waals surface area contributed by atoms with Gasteiger partial charge in [-0.3, -0.25) is 9.36 Å². The molecule has 2 rings (SSSR count). The summed E-state index contributed by atoms with van der Waals surface area (Å²) in [6, 6.07) is 6.84. The molecule has 5 nitrogen and oxygen atoms in total. The molecule has 0 saturated heterocycles. The first-order valence-corrected chi connectivity index (χ1v) is 6.05. The molecule has 19 heavy (non-hydrogen) atoms. The summed E-state index contributed by atoms with van der Waals surface area (Å²) < 4.78 is 6.54. The summed E-state index contributed by atoms with van der Waals surface area (Å²) in [6.07, 6.45) is 0. The lowest BCUT2D eigenvalue weighted by Gasteiger charge is -2.12. The molecule has 0 amide bonds. The van der Waals surface area contributed by atoms with Gasteiger partial charge in [-0.1, -0.05) is 11.6 Å². The molecule has 0 radical (unpaired) electrons. The van der Waals surface area contributed by atoms with Crippen molar-refractivity contribution in [1.82, 2.24) is 9.55 Å². The van der Waals surface area contributed by atoms with E-state index in [1.54, 1.807) is 25.1 Å². The summed E-state index contributed by atoms with van der Waals surface area (Å²) in [5, 5.41) is 0.545. The normalized spacial score (nSPS) is 10.5. The molecule has 0 bridgehead atoms. The van der Waals surface area contributed by atoms with Crippen LogP contribution in [-0.4, -0.2) is 16.7 Å². The number of aryl methyl sites for hydroxylation is 1. The maximum Gasteiger partial charge on any atom is 0.299 e. The van der Waals surface area contributed by atoms with Gasteiger partial charge in [0.2, 0.25) is 0 Å². The fourth-order valence-electron chi connectivity index (χ4n) is 1.78. The molecule has 6 heteroatoms. The summed E-state index contributed by atoms with van der Waals surface area (Å²) in [4.78, 5) is 16.2. The maximum absolute atomic E-state index is 12.0. The largest absolute Gasteiger partial charge is 0.468 e. The van der Waals surface area contributed by atoms with E-state index in [4.69, 9.17) is 22.1 Å². The van der Waals surface area contributed by atoms with Crippen LogP contribution in [0.3, 0.4) is 0 Å². The minimum atomic E-state index is -0.192. The quantitative estimate of drug-likeness (QED) is 0.871. The first kappa shape index (κ1) is 13.4. The Kier molecular flexibility index (Phi) is 3.76. The van der Waals surface area contributed by atoms with E-state index in [0.717, 1.165) is 5.56 Å². The molecule has 100 valence electrons. The Bertz CT molecular complexity index is 667. The second-order valence-corrected chi connectivity index (χ2v) is 4.57. The number of ether oxygens (including phenoxy) is 1. The molecule has 0 saturated carbocycles. The lowest BCUT2D eigenvalue weighted by molar-refractivity contribution is 0.350. The van der Waals surface area contributed by atoms with Crippen LogP contribution in [0, 0.1) is 6.92 Å². The van der Waals surface area contributed by atoms with Crippen molar-refractivity contribution in [3.05, 3.63) is 50.9 Å². The van der Waals surface area contributed by atoms with E-state index in [0.29, 0.717) is 16.4 Å². The Morgan fingerprint density at radius 3 is 2.84 bits per heavy atom. The van der Waals surface area contributed by atoms with Crippen molar-refractivity contribution in [2.24, 2.45) is 0 Å². The number of aromatic nitrogens is 2. The fraction of sp³-hybridized carbons (Fsp3) is 0.231. The number of benzene rings is 1. The third-order valence-corrected chi connectivity index (χ3v) is 3.05. The van der Waals surface area contributed by atoms with E-state index in [2.05, 4.69) is 4.98 Å². The van der Waals surface area contributed by atoms with Crippen LogP contribution in [0.1, 0.15) is 11.3 Å². The van der Waals surface area contributed by atoms with Crippen LogP contribution in [0.25, 0.3) is 0 Å². The number of nitrogens with zero attached hydrogens (tertiary/aromatic N) is 2. The second-order valence-electron chi connectivity index (χ2n) is 4.16. The topological polar surface area (TPSA) is 70.1 Å². The summed E-state index contributed by atoms with van der Waals surface area (Å²) >= 11 is 6.09. The van der Waals surface area contributed by atoms with Crippen molar-refractivity contribution in [2.45, 2.75) is 13.5 Å². The molecule has 2 N–H and O–H groups in total. The zero-order valence-electron chi connectivity index (χ0n) is 10.7. The van der Waals surface area contributed by atoms with E-state index in [1.165, 1.54) is 17.7 Å². The Balaban J connectivity index is 2.49. The van der Waals surface area contributed by atoms with Gasteiger partial charge in [0, 0.05) is 22.5 Å². The summed E-state index contributed by atoms with van der Waals surface area (Å²) in [5.74, 6) is 0. The van der Waals surface area contributed by atoms with E-state index in [1.807, 2.05) is 0 Å². The first-order valence-electron chi connectivity index (χ1n) is 5.67. The molecule has 0 unspecified atom stereocenters.